The zero-order chi connectivity index (χ0) is 23.8. The smallest absolute Gasteiger partial charge is 0.255 e. The number of amides is 2. The normalized spacial score (nSPS) is 11.4. The van der Waals surface area contributed by atoms with Crippen molar-refractivity contribution in [1.82, 2.24) is 0 Å². The molecule has 0 heterocycles. The number of ether oxygens (including phenoxy) is 2. The van der Waals surface area contributed by atoms with Crippen molar-refractivity contribution in [1.29, 1.82) is 0 Å². The molecular weight excluding hydrogens is 436 g/mol. The summed E-state index contributed by atoms with van der Waals surface area (Å²) in [5.74, 6) is 0.886. The van der Waals surface area contributed by atoms with Crippen molar-refractivity contribution in [3.63, 3.8) is 0 Å². The first-order chi connectivity index (χ1) is 15.9. The Hall–Kier alpha value is -3.45. The van der Waals surface area contributed by atoms with Crippen LogP contribution in [0.2, 0.25) is 0 Å². The molecule has 0 bridgehead atoms. The van der Waals surface area contributed by atoms with Crippen LogP contribution in [0.3, 0.4) is 0 Å². The second kappa shape index (κ2) is 11.4. The summed E-state index contributed by atoms with van der Waals surface area (Å²) >= 11 is 1.45. The minimum absolute atomic E-state index is 0.125. The quantitative estimate of drug-likeness (QED) is 0.393. The molecule has 0 aliphatic heterocycles. The molecule has 3 rings (SSSR count). The number of carbonyl (C=O) groups excluding carboxylic acids is 2. The number of thioether (sulfide) groups is 1. The molecule has 7 heteroatoms. The lowest BCUT2D eigenvalue weighted by Crippen LogP contribution is -2.24. The molecule has 2 amide bonds. The number of benzene rings is 3. The SMILES string of the molecule is CCC(Sc1cccc(NC(=O)c2cccc(C)c2)c1)C(=O)Nc1ccc(OC)cc1OC. The molecule has 3 aromatic carbocycles. The first-order valence-corrected chi connectivity index (χ1v) is 11.5. The molecule has 0 saturated carbocycles. The van der Waals surface area contributed by atoms with Gasteiger partial charge in [-0.1, -0.05) is 30.7 Å². The standard InChI is InChI=1S/C26H28N2O4S/c1-5-24(26(30)28-22-13-12-20(31-3)16-23(22)32-4)33-21-11-7-10-19(15-21)27-25(29)18-9-6-8-17(2)14-18/h6-16,24H,5H2,1-4H3,(H,27,29)(H,28,30). The number of rotatable bonds is 9. The van der Waals surface area contributed by atoms with Gasteiger partial charge in [-0.25, -0.2) is 0 Å². The molecule has 0 aliphatic rings. The van der Waals surface area contributed by atoms with E-state index < -0.39 is 0 Å². The van der Waals surface area contributed by atoms with E-state index in [1.54, 1.807) is 38.5 Å². The molecule has 0 saturated heterocycles. The van der Waals surface area contributed by atoms with E-state index in [1.165, 1.54) is 11.8 Å². The van der Waals surface area contributed by atoms with Crippen LogP contribution in [-0.2, 0) is 4.79 Å². The van der Waals surface area contributed by atoms with E-state index in [9.17, 15) is 9.59 Å². The maximum atomic E-state index is 13.0. The second-order valence-corrected chi connectivity index (χ2v) is 8.70. The van der Waals surface area contributed by atoms with Crippen LogP contribution in [0, 0.1) is 6.92 Å². The number of aryl methyl sites for hydroxylation is 1. The summed E-state index contributed by atoms with van der Waals surface area (Å²) in [5, 5.41) is 5.56. The van der Waals surface area contributed by atoms with Crippen LogP contribution in [0.15, 0.2) is 71.6 Å². The Balaban J connectivity index is 1.69. The van der Waals surface area contributed by atoms with Crippen LogP contribution >= 0.6 is 11.8 Å². The molecule has 6 nitrogen and oxygen atoms in total. The van der Waals surface area contributed by atoms with Crippen molar-refractivity contribution in [3.8, 4) is 11.5 Å². The third kappa shape index (κ3) is 6.52. The van der Waals surface area contributed by atoms with Gasteiger partial charge in [-0.05, 0) is 55.8 Å². The van der Waals surface area contributed by atoms with Crippen LogP contribution < -0.4 is 20.1 Å². The van der Waals surface area contributed by atoms with E-state index in [4.69, 9.17) is 9.47 Å². The Morgan fingerprint density at radius 1 is 0.939 bits per heavy atom. The predicted octanol–water partition coefficient (Wildman–Crippen LogP) is 5.77. The lowest BCUT2D eigenvalue weighted by atomic mass is 10.1. The van der Waals surface area contributed by atoms with E-state index in [2.05, 4.69) is 10.6 Å². The summed E-state index contributed by atoms with van der Waals surface area (Å²) in [6.07, 6.45) is 0.634. The summed E-state index contributed by atoms with van der Waals surface area (Å²) in [7, 11) is 3.13. The molecule has 0 radical (unpaired) electrons. The summed E-state index contributed by atoms with van der Waals surface area (Å²) in [5.41, 5.74) is 2.89. The Labute approximate surface area is 198 Å². The fourth-order valence-electron chi connectivity index (χ4n) is 3.24. The summed E-state index contributed by atoms with van der Waals surface area (Å²) in [6.45, 7) is 3.91. The predicted molar refractivity (Wildman–Crippen MR) is 134 cm³/mol. The lowest BCUT2D eigenvalue weighted by Gasteiger charge is -2.17. The number of nitrogens with one attached hydrogen (secondary N) is 2. The van der Waals surface area contributed by atoms with E-state index in [1.807, 2.05) is 56.3 Å². The zero-order valence-corrected chi connectivity index (χ0v) is 20.0. The zero-order valence-electron chi connectivity index (χ0n) is 19.2. The van der Waals surface area contributed by atoms with E-state index in [-0.39, 0.29) is 17.1 Å². The molecule has 1 atom stereocenters. The second-order valence-electron chi connectivity index (χ2n) is 7.42. The van der Waals surface area contributed by atoms with Gasteiger partial charge >= 0.3 is 0 Å². The van der Waals surface area contributed by atoms with Crippen LogP contribution in [-0.4, -0.2) is 31.3 Å². The van der Waals surface area contributed by atoms with Gasteiger partial charge in [0.2, 0.25) is 5.91 Å². The van der Waals surface area contributed by atoms with Gasteiger partial charge in [-0.3, -0.25) is 9.59 Å². The van der Waals surface area contributed by atoms with Gasteiger partial charge in [0, 0.05) is 22.2 Å². The minimum atomic E-state index is -0.320. The highest BCUT2D eigenvalue weighted by atomic mass is 32.2. The maximum Gasteiger partial charge on any atom is 0.255 e. The molecule has 2 N–H and O–H groups in total. The Kier molecular flexibility index (Phi) is 8.38. The van der Waals surface area contributed by atoms with Crippen molar-refractivity contribution in [2.75, 3.05) is 24.9 Å². The highest BCUT2D eigenvalue weighted by Crippen LogP contribution is 2.32. The summed E-state index contributed by atoms with van der Waals surface area (Å²) in [6, 6.07) is 20.2. The molecule has 3 aromatic rings. The van der Waals surface area contributed by atoms with E-state index in [0.717, 1.165) is 10.5 Å². The summed E-state index contributed by atoms with van der Waals surface area (Å²) < 4.78 is 10.6. The number of hydrogen-bond donors (Lipinski definition) is 2. The van der Waals surface area contributed by atoms with E-state index in [0.29, 0.717) is 34.9 Å². The molecule has 0 spiro atoms. The van der Waals surface area contributed by atoms with Crippen molar-refractivity contribution in [2.45, 2.75) is 30.4 Å². The van der Waals surface area contributed by atoms with Gasteiger partial charge in [0.05, 0.1) is 25.2 Å². The number of carbonyl (C=O) groups is 2. The molecular formula is C26H28N2O4S. The molecule has 0 aromatic heterocycles. The summed E-state index contributed by atoms with van der Waals surface area (Å²) in [4.78, 5) is 26.4. The Morgan fingerprint density at radius 3 is 2.42 bits per heavy atom. The molecule has 172 valence electrons. The van der Waals surface area contributed by atoms with Crippen LogP contribution in [0.1, 0.15) is 29.3 Å². The molecule has 33 heavy (non-hydrogen) atoms. The van der Waals surface area contributed by atoms with Crippen LogP contribution in [0.25, 0.3) is 0 Å². The van der Waals surface area contributed by atoms with Gasteiger partial charge in [0.15, 0.2) is 0 Å². The van der Waals surface area contributed by atoms with Gasteiger partial charge in [-0.2, -0.15) is 0 Å². The highest BCUT2D eigenvalue weighted by molar-refractivity contribution is 8.00. The Morgan fingerprint density at radius 2 is 1.73 bits per heavy atom. The lowest BCUT2D eigenvalue weighted by molar-refractivity contribution is -0.115. The monoisotopic (exact) mass is 464 g/mol. The van der Waals surface area contributed by atoms with Gasteiger partial charge < -0.3 is 20.1 Å². The fraction of sp³-hybridized carbons (Fsp3) is 0.231. The first kappa shape index (κ1) is 24.2. The molecule has 0 aliphatic carbocycles. The van der Waals surface area contributed by atoms with Crippen molar-refractivity contribution in [2.24, 2.45) is 0 Å². The first-order valence-electron chi connectivity index (χ1n) is 10.6. The van der Waals surface area contributed by atoms with Crippen LogP contribution in [0.4, 0.5) is 11.4 Å². The topological polar surface area (TPSA) is 76.7 Å². The van der Waals surface area contributed by atoms with Gasteiger partial charge in [0.1, 0.15) is 11.5 Å². The van der Waals surface area contributed by atoms with E-state index >= 15 is 0 Å². The van der Waals surface area contributed by atoms with Crippen molar-refractivity contribution < 1.29 is 19.1 Å². The van der Waals surface area contributed by atoms with Crippen molar-refractivity contribution >= 4 is 35.0 Å². The highest BCUT2D eigenvalue weighted by Gasteiger charge is 2.20. The maximum absolute atomic E-state index is 13.0. The third-order valence-electron chi connectivity index (χ3n) is 4.98. The molecule has 0 fully saturated rings. The van der Waals surface area contributed by atoms with Gasteiger partial charge in [0.25, 0.3) is 5.91 Å². The van der Waals surface area contributed by atoms with Gasteiger partial charge in [-0.15, -0.1) is 11.8 Å². The molecule has 1 unspecified atom stereocenters. The van der Waals surface area contributed by atoms with Crippen LogP contribution in [0.5, 0.6) is 11.5 Å². The largest absolute Gasteiger partial charge is 0.497 e. The van der Waals surface area contributed by atoms with Crippen molar-refractivity contribution in [3.05, 3.63) is 77.9 Å². The minimum Gasteiger partial charge on any atom is -0.497 e. The number of methoxy groups -OCH3 is 2. The third-order valence-corrected chi connectivity index (χ3v) is 6.34. The number of hydrogen-bond acceptors (Lipinski definition) is 5. The fourth-order valence-corrected chi connectivity index (χ4v) is 4.25. The average Bonchev–Trinajstić information content (AvgIpc) is 2.82. The number of anilines is 2. The average molecular weight is 465 g/mol. The Bertz CT molecular complexity index is 1130.